The topological polar surface area (TPSA) is 112 Å². The third-order valence-electron chi connectivity index (χ3n) is 5.82. The first-order valence-corrected chi connectivity index (χ1v) is 12.6. The number of nitrogens with zero attached hydrogens (tertiary/aromatic N) is 4. The van der Waals surface area contributed by atoms with E-state index in [-0.39, 0.29) is 24.1 Å². The molecule has 1 aromatic carbocycles. The molecule has 1 aromatic rings. The third-order valence-corrected chi connectivity index (χ3v) is 5.82. The van der Waals surface area contributed by atoms with Gasteiger partial charge in [0.05, 0.1) is 0 Å². The van der Waals surface area contributed by atoms with E-state index in [4.69, 9.17) is 9.47 Å². The fraction of sp³-hybridized carbons (Fsp3) is 0.615. The predicted octanol–water partition coefficient (Wildman–Crippen LogP) is 3.46. The molecule has 2 heterocycles. The van der Waals surface area contributed by atoms with Gasteiger partial charge in [0.1, 0.15) is 11.2 Å². The highest BCUT2D eigenvalue weighted by Crippen LogP contribution is 2.17. The van der Waals surface area contributed by atoms with Gasteiger partial charge < -0.3 is 34.4 Å². The second kappa shape index (κ2) is 11.3. The first-order chi connectivity index (χ1) is 17.2. The van der Waals surface area contributed by atoms with Gasteiger partial charge in [-0.1, -0.05) is 0 Å². The van der Waals surface area contributed by atoms with Gasteiger partial charge in [-0.15, -0.1) is 0 Å². The van der Waals surface area contributed by atoms with Crippen LogP contribution in [-0.2, 0) is 9.47 Å². The van der Waals surface area contributed by atoms with Crippen LogP contribution >= 0.6 is 0 Å². The van der Waals surface area contributed by atoms with Crippen LogP contribution in [0.1, 0.15) is 51.9 Å². The number of nitrogens with one attached hydrogen (secondary N) is 1. The monoisotopic (exact) mass is 517 g/mol. The number of hydrogen-bond donors (Lipinski definition) is 1. The molecule has 0 bridgehead atoms. The van der Waals surface area contributed by atoms with Crippen LogP contribution in [0.3, 0.4) is 0 Å². The molecule has 0 radical (unpaired) electrons. The van der Waals surface area contributed by atoms with Crippen molar-refractivity contribution in [3.05, 3.63) is 29.8 Å². The highest BCUT2D eigenvalue weighted by Gasteiger charge is 2.29. The maximum absolute atomic E-state index is 12.9. The van der Waals surface area contributed by atoms with Crippen LogP contribution in [0.5, 0.6) is 0 Å². The molecule has 5 amide bonds. The Labute approximate surface area is 218 Å². The summed E-state index contributed by atoms with van der Waals surface area (Å²) in [7, 11) is 0. The van der Waals surface area contributed by atoms with Gasteiger partial charge in [0, 0.05) is 63.6 Å². The van der Waals surface area contributed by atoms with Crippen molar-refractivity contribution in [2.45, 2.75) is 52.7 Å². The van der Waals surface area contributed by atoms with Gasteiger partial charge in [-0.25, -0.2) is 14.4 Å². The number of urea groups is 1. The number of piperazine rings is 2. The van der Waals surface area contributed by atoms with Crippen molar-refractivity contribution in [2.75, 3.05) is 57.7 Å². The van der Waals surface area contributed by atoms with Crippen molar-refractivity contribution >= 4 is 29.8 Å². The Morgan fingerprint density at radius 1 is 0.622 bits per heavy atom. The van der Waals surface area contributed by atoms with Crippen molar-refractivity contribution < 1.29 is 28.7 Å². The number of amides is 5. The summed E-state index contributed by atoms with van der Waals surface area (Å²) in [6.45, 7) is 14.2. The zero-order chi connectivity index (χ0) is 27.4. The minimum absolute atomic E-state index is 0.125. The number of carbonyl (C=O) groups excluding carboxylic acids is 4. The van der Waals surface area contributed by atoms with E-state index in [0.29, 0.717) is 63.6 Å². The molecule has 0 saturated carbocycles. The summed E-state index contributed by atoms with van der Waals surface area (Å²) in [6.07, 6.45) is -0.745. The van der Waals surface area contributed by atoms with Crippen molar-refractivity contribution in [2.24, 2.45) is 0 Å². The Morgan fingerprint density at radius 2 is 1.00 bits per heavy atom. The van der Waals surface area contributed by atoms with Gasteiger partial charge in [-0.2, -0.15) is 0 Å². The number of benzene rings is 1. The van der Waals surface area contributed by atoms with Crippen LogP contribution in [0.25, 0.3) is 0 Å². The van der Waals surface area contributed by atoms with E-state index in [1.807, 2.05) is 41.5 Å². The average molecular weight is 518 g/mol. The SMILES string of the molecule is CC(C)(C)OC(=O)N1CCN(C(=O)Nc2ccc(C(=O)N3CCN(C(=O)OC(C)(C)C)CC3)cc2)CC1. The smallest absolute Gasteiger partial charge is 0.410 e. The second-order valence-electron chi connectivity index (χ2n) is 11.2. The minimum Gasteiger partial charge on any atom is -0.444 e. The highest BCUT2D eigenvalue weighted by molar-refractivity contribution is 5.95. The molecule has 0 aromatic heterocycles. The number of ether oxygens (including phenoxy) is 2. The molecule has 204 valence electrons. The van der Waals surface area contributed by atoms with Crippen LogP contribution in [0.4, 0.5) is 20.1 Å². The molecule has 3 rings (SSSR count). The van der Waals surface area contributed by atoms with Crippen LogP contribution in [0, 0.1) is 0 Å². The van der Waals surface area contributed by atoms with E-state index in [0.717, 1.165) is 0 Å². The summed E-state index contributed by atoms with van der Waals surface area (Å²) in [5.41, 5.74) is -0.0380. The Kier molecular flexibility index (Phi) is 8.55. The Hall–Kier alpha value is -3.50. The second-order valence-corrected chi connectivity index (χ2v) is 11.2. The van der Waals surface area contributed by atoms with Crippen molar-refractivity contribution in [3.8, 4) is 0 Å². The summed E-state index contributed by atoms with van der Waals surface area (Å²) in [4.78, 5) is 56.6. The Bertz CT molecular complexity index is 982. The van der Waals surface area contributed by atoms with E-state index in [2.05, 4.69) is 5.32 Å². The summed E-state index contributed by atoms with van der Waals surface area (Å²) < 4.78 is 10.8. The molecular formula is C26H39N5O6. The van der Waals surface area contributed by atoms with Crippen molar-refractivity contribution in [1.82, 2.24) is 19.6 Å². The van der Waals surface area contributed by atoms with Gasteiger partial charge in [0.25, 0.3) is 5.91 Å². The van der Waals surface area contributed by atoms with Crippen molar-refractivity contribution in [1.29, 1.82) is 0 Å². The van der Waals surface area contributed by atoms with Gasteiger partial charge >= 0.3 is 18.2 Å². The maximum atomic E-state index is 12.9. The average Bonchev–Trinajstić information content (AvgIpc) is 2.82. The molecule has 11 heteroatoms. The van der Waals surface area contributed by atoms with Gasteiger partial charge in [-0.05, 0) is 65.8 Å². The highest BCUT2D eigenvalue weighted by atomic mass is 16.6. The first kappa shape index (κ1) is 28.1. The molecule has 37 heavy (non-hydrogen) atoms. The quantitative estimate of drug-likeness (QED) is 0.643. The first-order valence-electron chi connectivity index (χ1n) is 12.6. The zero-order valence-corrected chi connectivity index (χ0v) is 22.7. The number of anilines is 1. The molecule has 2 saturated heterocycles. The van der Waals surface area contributed by atoms with Crippen LogP contribution in [0.2, 0.25) is 0 Å². The largest absolute Gasteiger partial charge is 0.444 e. The number of rotatable bonds is 2. The van der Waals surface area contributed by atoms with E-state index >= 15 is 0 Å². The zero-order valence-electron chi connectivity index (χ0n) is 22.7. The summed E-state index contributed by atoms with van der Waals surface area (Å²) in [5.74, 6) is -0.125. The molecule has 0 atom stereocenters. The number of carbonyl (C=O) groups is 4. The third kappa shape index (κ3) is 8.26. The summed E-state index contributed by atoms with van der Waals surface area (Å²) in [5, 5.41) is 2.85. The van der Waals surface area contributed by atoms with E-state index in [1.54, 1.807) is 43.9 Å². The van der Waals surface area contributed by atoms with Gasteiger partial charge in [0.2, 0.25) is 0 Å². The Balaban J connectivity index is 1.45. The molecule has 11 nitrogen and oxygen atoms in total. The van der Waals surface area contributed by atoms with Crippen LogP contribution < -0.4 is 5.32 Å². The molecule has 2 aliphatic heterocycles. The number of hydrogen-bond acceptors (Lipinski definition) is 6. The summed E-state index contributed by atoms with van der Waals surface area (Å²) >= 11 is 0. The molecule has 0 aliphatic carbocycles. The lowest BCUT2D eigenvalue weighted by Crippen LogP contribution is -2.52. The standard InChI is InChI=1S/C26H39N5O6/c1-25(2,3)36-23(34)30-15-11-28(12-16-30)21(32)19-7-9-20(10-8-19)27-22(33)29-13-17-31(18-14-29)24(35)37-26(4,5)6/h7-10H,11-18H2,1-6H3,(H,27,33). The fourth-order valence-corrected chi connectivity index (χ4v) is 3.92. The molecule has 0 unspecified atom stereocenters. The predicted molar refractivity (Wildman–Crippen MR) is 139 cm³/mol. The molecule has 2 aliphatic rings. The Morgan fingerprint density at radius 3 is 1.41 bits per heavy atom. The van der Waals surface area contributed by atoms with Gasteiger partial charge in [0.15, 0.2) is 0 Å². The molecule has 2 fully saturated rings. The molecule has 1 N–H and O–H groups in total. The van der Waals surface area contributed by atoms with Crippen LogP contribution in [-0.4, -0.2) is 107 Å². The maximum Gasteiger partial charge on any atom is 0.410 e. The molecular weight excluding hydrogens is 478 g/mol. The van der Waals surface area contributed by atoms with Gasteiger partial charge in [-0.3, -0.25) is 4.79 Å². The fourth-order valence-electron chi connectivity index (χ4n) is 3.92. The molecule has 0 spiro atoms. The lowest BCUT2D eigenvalue weighted by Gasteiger charge is -2.35. The summed E-state index contributed by atoms with van der Waals surface area (Å²) in [6, 6.07) is 6.48. The van der Waals surface area contributed by atoms with Crippen molar-refractivity contribution in [3.63, 3.8) is 0 Å². The minimum atomic E-state index is -0.562. The lowest BCUT2D eigenvalue weighted by atomic mass is 10.1. The lowest BCUT2D eigenvalue weighted by molar-refractivity contribution is 0.0139. The van der Waals surface area contributed by atoms with Crippen LogP contribution in [0.15, 0.2) is 24.3 Å². The van der Waals surface area contributed by atoms with E-state index < -0.39 is 11.2 Å². The van der Waals surface area contributed by atoms with E-state index in [9.17, 15) is 19.2 Å². The van der Waals surface area contributed by atoms with E-state index in [1.165, 1.54) is 0 Å². The normalized spacial score (nSPS) is 16.8.